The highest BCUT2D eigenvalue weighted by molar-refractivity contribution is 5.84. The first-order valence-electron chi connectivity index (χ1n) is 8.15. The van der Waals surface area contributed by atoms with Crippen LogP contribution in [0.4, 0.5) is 0 Å². The van der Waals surface area contributed by atoms with Crippen molar-refractivity contribution < 1.29 is 19.1 Å². The third-order valence-corrected chi connectivity index (χ3v) is 5.23. The molecule has 0 N–H and O–H groups in total. The molecule has 2 aliphatic rings. The molecule has 1 saturated heterocycles. The number of amides is 1. The van der Waals surface area contributed by atoms with E-state index in [2.05, 4.69) is 0 Å². The predicted octanol–water partition coefficient (Wildman–Crippen LogP) is 2.37. The molecule has 1 amide bonds. The Labute approximate surface area is 136 Å². The predicted molar refractivity (Wildman–Crippen MR) is 85.7 cm³/mol. The minimum Gasteiger partial charge on any atom is -0.493 e. The smallest absolute Gasteiger partial charge is 0.226 e. The van der Waals surface area contributed by atoms with Crippen LogP contribution in [-0.4, -0.2) is 37.9 Å². The van der Waals surface area contributed by atoms with E-state index in [4.69, 9.17) is 9.47 Å². The van der Waals surface area contributed by atoms with Crippen molar-refractivity contribution in [3.63, 3.8) is 0 Å². The fourth-order valence-electron chi connectivity index (χ4n) is 3.99. The summed E-state index contributed by atoms with van der Waals surface area (Å²) in [6.45, 7) is 2.68. The van der Waals surface area contributed by atoms with Crippen molar-refractivity contribution in [1.29, 1.82) is 0 Å². The third-order valence-electron chi connectivity index (χ3n) is 5.23. The first-order valence-corrected chi connectivity index (χ1v) is 8.15. The molecule has 0 aromatic heterocycles. The van der Waals surface area contributed by atoms with Crippen LogP contribution in [0.15, 0.2) is 12.1 Å². The first-order chi connectivity index (χ1) is 11.1. The van der Waals surface area contributed by atoms with Crippen molar-refractivity contribution in [3.05, 3.63) is 23.3 Å². The van der Waals surface area contributed by atoms with Gasteiger partial charge in [0, 0.05) is 18.4 Å². The number of ether oxygens (including phenoxy) is 2. The van der Waals surface area contributed by atoms with Gasteiger partial charge in [-0.3, -0.25) is 4.79 Å². The van der Waals surface area contributed by atoms with Gasteiger partial charge in [0.05, 0.1) is 20.3 Å². The summed E-state index contributed by atoms with van der Waals surface area (Å²) < 4.78 is 10.8. The number of hydrogen-bond acceptors (Lipinski definition) is 4. The molecule has 5 nitrogen and oxygen atoms in total. The molecule has 3 rings (SSSR count). The fraction of sp³-hybridized carbons (Fsp3) is 0.556. The number of piperidine rings is 1. The number of carbonyl (C=O) groups excluding carboxylic acids is 2. The third kappa shape index (κ3) is 2.48. The van der Waals surface area contributed by atoms with Crippen LogP contribution in [-0.2, 0) is 16.0 Å². The molecule has 0 spiro atoms. The van der Waals surface area contributed by atoms with Gasteiger partial charge >= 0.3 is 0 Å². The molecule has 23 heavy (non-hydrogen) atoms. The molecule has 2 heterocycles. The van der Waals surface area contributed by atoms with Gasteiger partial charge in [0.15, 0.2) is 11.5 Å². The highest BCUT2D eigenvalue weighted by atomic mass is 16.5. The van der Waals surface area contributed by atoms with Crippen molar-refractivity contribution in [2.24, 2.45) is 11.8 Å². The molecule has 3 atom stereocenters. The summed E-state index contributed by atoms with van der Waals surface area (Å²) in [4.78, 5) is 26.2. The van der Waals surface area contributed by atoms with Gasteiger partial charge in [-0.1, -0.05) is 6.92 Å². The lowest BCUT2D eigenvalue weighted by Gasteiger charge is -2.45. The number of methoxy groups -OCH3 is 2. The van der Waals surface area contributed by atoms with E-state index in [1.165, 1.54) is 5.56 Å². The van der Waals surface area contributed by atoms with Crippen LogP contribution in [0.2, 0.25) is 0 Å². The average molecular weight is 317 g/mol. The number of rotatable bonds is 4. The van der Waals surface area contributed by atoms with Gasteiger partial charge in [-0.25, -0.2) is 0 Å². The zero-order chi connectivity index (χ0) is 16.6. The lowest BCUT2D eigenvalue weighted by atomic mass is 9.76. The number of nitrogens with zero attached hydrogens (tertiary/aromatic N) is 1. The molecule has 1 aromatic rings. The van der Waals surface area contributed by atoms with Crippen molar-refractivity contribution in [3.8, 4) is 11.5 Å². The Kier molecular flexibility index (Phi) is 4.28. The summed E-state index contributed by atoms with van der Waals surface area (Å²) in [6, 6.07) is 3.92. The molecule has 0 bridgehead atoms. The average Bonchev–Trinajstić information content (AvgIpc) is 2.59. The van der Waals surface area contributed by atoms with Crippen molar-refractivity contribution >= 4 is 12.2 Å². The van der Waals surface area contributed by atoms with Crippen LogP contribution in [0.1, 0.15) is 36.9 Å². The summed E-state index contributed by atoms with van der Waals surface area (Å²) in [5.74, 6) is 1.11. The Morgan fingerprint density at radius 2 is 1.96 bits per heavy atom. The topological polar surface area (TPSA) is 55.8 Å². The Morgan fingerprint density at radius 3 is 2.57 bits per heavy atom. The highest BCUT2D eigenvalue weighted by Gasteiger charge is 2.43. The van der Waals surface area contributed by atoms with Crippen molar-refractivity contribution in [1.82, 2.24) is 4.90 Å². The molecular weight excluding hydrogens is 294 g/mol. The van der Waals surface area contributed by atoms with Crippen LogP contribution in [0.5, 0.6) is 11.5 Å². The van der Waals surface area contributed by atoms with Crippen molar-refractivity contribution in [2.45, 2.75) is 32.2 Å². The van der Waals surface area contributed by atoms with Crippen LogP contribution >= 0.6 is 0 Å². The zero-order valence-electron chi connectivity index (χ0n) is 13.9. The molecule has 1 fully saturated rings. The van der Waals surface area contributed by atoms with Gasteiger partial charge in [0.2, 0.25) is 5.91 Å². The maximum absolute atomic E-state index is 12.8. The number of carbonyl (C=O) groups is 2. The largest absolute Gasteiger partial charge is 0.493 e. The molecule has 124 valence electrons. The lowest BCUT2D eigenvalue weighted by Crippen LogP contribution is -2.50. The Balaban J connectivity index is 2.03. The van der Waals surface area contributed by atoms with Crippen molar-refractivity contribution in [2.75, 3.05) is 20.8 Å². The van der Waals surface area contributed by atoms with E-state index in [-0.39, 0.29) is 23.8 Å². The standard InChI is InChI=1S/C18H23NO4/c1-4-13-12(10-20)7-15-14-9-17(23-3)16(22-2)8-11(14)5-6-19(15)18(13)21/h8-10,12-13,15H,4-7H2,1-3H3/t12-,13?,15-/m1/s1. The Bertz CT molecular complexity index is 628. The molecule has 1 aromatic carbocycles. The van der Waals surface area contributed by atoms with Gasteiger partial charge in [-0.15, -0.1) is 0 Å². The zero-order valence-corrected chi connectivity index (χ0v) is 13.9. The quantitative estimate of drug-likeness (QED) is 0.800. The Morgan fingerprint density at radius 1 is 1.26 bits per heavy atom. The summed E-state index contributed by atoms with van der Waals surface area (Å²) in [7, 11) is 3.23. The van der Waals surface area contributed by atoms with E-state index in [0.29, 0.717) is 30.9 Å². The van der Waals surface area contributed by atoms with E-state index in [9.17, 15) is 9.59 Å². The minimum atomic E-state index is -0.201. The molecule has 0 saturated carbocycles. The second-order valence-electron chi connectivity index (χ2n) is 6.25. The van der Waals surface area contributed by atoms with E-state index < -0.39 is 0 Å². The molecule has 2 aliphatic heterocycles. The number of fused-ring (bicyclic) bond motifs is 3. The van der Waals surface area contributed by atoms with Gasteiger partial charge in [0.1, 0.15) is 6.29 Å². The van der Waals surface area contributed by atoms with Crippen LogP contribution in [0.3, 0.4) is 0 Å². The maximum Gasteiger partial charge on any atom is 0.226 e. The van der Waals surface area contributed by atoms with Gasteiger partial charge in [0.25, 0.3) is 0 Å². The molecule has 5 heteroatoms. The summed E-state index contributed by atoms with van der Waals surface area (Å²) in [5.41, 5.74) is 2.26. The second-order valence-corrected chi connectivity index (χ2v) is 6.25. The highest BCUT2D eigenvalue weighted by Crippen LogP contribution is 2.45. The first kappa shape index (κ1) is 15.8. The van der Waals surface area contributed by atoms with Gasteiger partial charge in [-0.05, 0) is 42.5 Å². The second kappa shape index (κ2) is 6.22. The number of benzene rings is 1. The van der Waals surface area contributed by atoms with Crippen LogP contribution in [0, 0.1) is 11.8 Å². The van der Waals surface area contributed by atoms with E-state index in [0.717, 1.165) is 18.3 Å². The Hall–Kier alpha value is -2.04. The minimum absolute atomic E-state index is 0.0379. The lowest BCUT2D eigenvalue weighted by molar-refractivity contribution is -0.148. The van der Waals surface area contributed by atoms with Gasteiger partial charge < -0.3 is 19.2 Å². The van der Waals surface area contributed by atoms with E-state index in [1.54, 1.807) is 14.2 Å². The van der Waals surface area contributed by atoms with Crippen LogP contribution < -0.4 is 9.47 Å². The number of hydrogen-bond donors (Lipinski definition) is 0. The van der Waals surface area contributed by atoms with Gasteiger partial charge in [-0.2, -0.15) is 0 Å². The van der Waals surface area contributed by atoms with E-state index in [1.807, 2.05) is 24.0 Å². The SMILES string of the molecule is CCC1C(=O)N2CCc3cc(OC)c(OC)cc3[C@H]2C[C@@H]1C=O. The maximum atomic E-state index is 12.8. The van der Waals surface area contributed by atoms with Crippen LogP contribution in [0.25, 0.3) is 0 Å². The molecule has 0 aliphatic carbocycles. The summed E-state index contributed by atoms with van der Waals surface area (Å²) in [6.07, 6.45) is 3.17. The summed E-state index contributed by atoms with van der Waals surface area (Å²) in [5, 5.41) is 0. The molecule has 0 radical (unpaired) electrons. The summed E-state index contributed by atoms with van der Waals surface area (Å²) >= 11 is 0. The molecule has 1 unspecified atom stereocenters. The molecular formula is C18H23NO4. The fourth-order valence-corrected chi connectivity index (χ4v) is 3.99. The van der Waals surface area contributed by atoms with E-state index >= 15 is 0 Å². The number of aldehydes is 1. The monoisotopic (exact) mass is 317 g/mol. The normalized spacial score (nSPS) is 26.3.